The van der Waals surface area contributed by atoms with Crippen LogP contribution in [0.2, 0.25) is 0 Å². The summed E-state index contributed by atoms with van der Waals surface area (Å²) in [6.45, 7) is -0.446. The highest BCUT2D eigenvalue weighted by atomic mass is 31.2. The molecule has 2 aliphatic rings. The van der Waals surface area contributed by atoms with E-state index in [-0.39, 0.29) is 5.82 Å². The van der Waals surface area contributed by atoms with Crippen LogP contribution in [0.3, 0.4) is 0 Å². The molecule has 0 spiro atoms. The zero-order valence-electron chi connectivity index (χ0n) is 10.0. The second-order valence-electron chi connectivity index (χ2n) is 4.40. The number of nitrogens with zero attached hydrogens (tertiary/aromatic N) is 2. The first kappa shape index (κ1) is 13.7. The Morgan fingerprint density at radius 2 is 2.15 bits per heavy atom. The summed E-state index contributed by atoms with van der Waals surface area (Å²) in [5.74, 6) is 0.0379. The first-order valence-corrected chi connectivity index (χ1v) is 7.21. The molecule has 20 heavy (non-hydrogen) atoms. The third-order valence-corrected chi connectivity index (χ3v) is 4.12. The maximum atomic E-state index is 11.8. The molecule has 1 aromatic rings. The van der Waals surface area contributed by atoms with Crippen molar-refractivity contribution < 1.29 is 28.3 Å². The van der Waals surface area contributed by atoms with Crippen LogP contribution in [0.25, 0.3) is 0 Å². The van der Waals surface area contributed by atoms with Crippen LogP contribution in [0.1, 0.15) is 6.23 Å². The summed E-state index contributed by atoms with van der Waals surface area (Å²) in [6, 6.07) is 1.38. The van der Waals surface area contributed by atoms with Crippen LogP contribution in [0.4, 0.5) is 5.82 Å². The number of anilines is 1. The summed E-state index contributed by atoms with van der Waals surface area (Å²) >= 11 is 0. The molecule has 0 aliphatic carbocycles. The van der Waals surface area contributed by atoms with Crippen LogP contribution in [-0.4, -0.2) is 44.5 Å². The van der Waals surface area contributed by atoms with E-state index < -0.39 is 44.7 Å². The SMILES string of the molecule is Nc1ccn([C@H]2O[C@@H](CO)C3OP(=O)(O)OC32)c(=O)n1. The second kappa shape index (κ2) is 4.62. The minimum absolute atomic E-state index is 0.0379. The number of nitrogens with two attached hydrogens (primary N) is 1. The lowest BCUT2D eigenvalue weighted by molar-refractivity contribution is -0.0624. The monoisotopic (exact) mass is 305 g/mol. The van der Waals surface area contributed by atoms with Gasteiger partial charge in [-0.2, -0.15) is 4.98 Å². The summed E-state index contributed by atoms with van der Waals surface area (Å²) in [6.07, 6.45) is -2.51. The molecule has 10 nitrogen and oxygen atoms in total. The average molecular weight is 305 g/mol. The van der Waals surface area contributed by atoms with Gasteiger partial charge in [-0.15, -0.1) is 0 Å². The van der Waals surface area contributed by atoms with Crippen molar-refractivity contribution in [1.29, 1.82) is 0 Å². The zero-order chi connectivity index (χ0) is 14.5. The van der Waals surface area contributed by atoms with Gasteiger partial charge in [0.1, 0.15) is 24.1 Å². The Labute approximate surface area is 112 Å². The molecule has 4 N–H and O–H groups in total. The van der Waals surface area contributed by atoms with Gasteiger partial charge in [-0.3, -0.25) is 13.6 Å². The van der Waals surface area contributed by atoms with E-state index in [9.17, 15) is 19.4 Å². The first-order valence-electron chi connectivity index (χ1n) is 5.72. The molecule has 110 valence electrons. The number of rotatable bonds is 2. The maximum Gasteiger partial charge on any atom is 0.473 e. The molecule has 0 saturated carbocycles. The van der Waals surface area contributed by atoms with E-state index in [2.05, 4.69) is 4.98 Å². The van der Waals surface area contributed by atoms with Gasteiger partial charge in [0.2, 0.25) is 0 Å². The topological polar surface area (TPSA) is 146 Å². The Balaban J connectivity index is 1.98. The van der Waals surface area contributed by atoms with Crippen LogP contribution < -0.4 is 11.4 Å². The number of hydrogen-bond donors (Lipinski definition) is 3. The lowest BCUT2D eigenvalue weighted by Crippen LogP contribution is -2.34. The van der Waals surface area contributed by atoms with Gasteiger partial charge >= 0.3 is 13.5 Å². The fourth-order valence-electron chi connectivity index (χ4n) is 2.27. The molecule has 11 heteroatoms. The molecule has 0 amide bonds. The van der Waals surface area contributed by atoms with Crippen molar-refractivity contribution in [3.8, 4) is 0 Å². The third-order valence-electron chi connectivity index (χ3n) is 3.10. The number of fused-ring (bicyclic) bond motifs is 1. The molecule has 3 rings (SSSR count). The van der Waals surface area contributed by atoms with Gasteiger partial charge < -0.3 is 20.5 Å². The lowest BCUT2D eigenvalue weighted by atomic mass is 10.1. The van der Waals surface area contributed by atoms with Gasteiger partial charge in [0.15, 0.2) is 6.23 Å². The van der Waals surface area contributed by atoms with E-state index in [1.165, 1.54) is 12.3 Å². The zero-order valence-corrected chi connectivity index (χ0v) is 10.9. The summed E-state index contributed by atoms with van der Waals surface area (Å²) in [5.41, 5.74) is 4.69. The van der Waals surface area contributed by atoms with E-state index in [0.717, 1.165) is 4.57 Å². The lowest BCUT2D eigenvalue weighted by Gasteiger charge is -2.18. The van der Waals surface area contributed by atoms with Gasteiger partial charge in [-0.25, -0.2) is 9.36 Å². The highest BCUT2D eigenvalue weighted by molar-refractivity contribution is 7.47. The fraction of sp³-hybridized carbons (Fsp3) is 0.556. The molecule has 2 aliphatic heterocycles. The Kier molecular flexibility index (Phi) is 3.16. The molecule has 0 aromatic carbocycles. The van der Waals surface area contributed by atoms with Gasteiger partial charge in [0.05, 0.1) is 6.61 Å². The summed E-state index contributed by atoms with van der Waals surface area (Å²) in [4.78, 5) is 24.7. The van der Waals surface area contributed by atoms with Gasteiger partial charge in [0.25, 0.3) is 0 Å². The van der Waals surface area contributed by atoms with Crippen LogP contribution >= 0.6 is 7.82 Å². The molecule has 0 radical (unpaired) electrons. The molecule has 3 unspecified atom stereocenters. The molecule has 2 fully saturated rings. The molecular weight excluding hydrogens is 293 g/mol. The Hall–Kier alpha value is -1.29. The summed E-state index contributed by atoms with van der Waals surface area (Å²) in [5, 5.41) is 9.21. The van der Waals surface area contributed by atoms with Gasteiger partial charge in [0, 0.05) is 6.20 Å². The average Bonchev–Trinajstić information content (AvgIpc) is 2.83. The first-order chi connectivity index (χ1) is 9.41. The maximum absolute atomic E-state index is 11.8. The van der Waals surface area contributed by atoms with Gasteiger partial charge in [-0.05, 0) is 6.07 Å². The predicted octanol–water partition coefficient (Wildman–Crippen LogP) is -1.40. The van der Waals surface area contributed by atoms with Crippen LogP contribution in [-0.2, 0) is 18.3 Å². The van der Waals surface area contributed by atoms with Crippen molar-refractivity contribution in [2.75, 3.05) is 12.3 Å². The molecule has 0 bridgehead atoms. The van der Waals surface area contributed by atoms with E-state index in [0.29, 0.717) is 0 Å². The van der Waals surface area contributed by atoms with Crippen molar-refractivity contribution in [2.24, 2.45) is 0 Å². The van der Waals surface area contributed by atoms with Crippen LogP contribution in [0, 0.1) is 0 Å². The van der Waals surface area contributed by atoms with Crippen molar-refractivity contribution >= 4 is 13.6 Å². The number of aliphatic hydroxyl groups excluding tert-OH is 1. The highest BCUT2D eigenvalue weighted by Crippen LogP contribution is 2.58. The molecule has 3 heterocycles. The van der Waals surface area contributed by atoms with E-state index in [1.54, 1.807) is 0 Å². The third kappa shape index (κ3) is 2.16. The molecule has 1 aromatic heterocycles. The highest BCUT2D eigenvalue weighted by Gasteiger charge is 2.57. The number of aliphatic hydroxyl groups is 1. The minimum atomic E-state index is -4.21. The van der Waals surface area contributed by atoms with E-state index in [4.69, 9.17) is 19.5 Å². The van der Waals surface area contributed by atoms with Crippen molar-refractivity contribution in [1.82, 2.24) is 9.55 Å². The standard InChI is InChI=1S/C9H12N3O7P/c10-5-1-2-12(9(14)11-5)8-7-6(4(3-13)17-8)18-20(15,16)19-7/h1-2,4,6-8,13H,3H2,(H,15,16)(H2,10,11,14)/t4-,6?,7?,8-/m0/s1. The fourth-order valence-corrected chi connectivity index (χ4v) is 3.42. The normalized spacial score (nSPS) is 39.9. The smallest absolute Gasteiger partial charge is 0.394 e. The Morgan fingerprint density at radius 1 is 1.45 bits per heavy atom. The van der Waals surface area contributed by atoms with Crippen molar-refractivity contribution in [3.63, 3.8) is 0 Å². The minimum Gasteiger partial charge on any atom is -0.394 e. The number of aromatic nitrogens is 2. The number of phosphoric acid groups is 1. The second-order valence-corrected chi connectivity index (χ2v) is 5.76. The number of phosphoric ester groups is 1. The number of nitrogen functional groups attached to an aromatic ring is 1. The van der Waals surface area contributed by atoms with E-state index in [1.807, 2.05) is 0 Å². The van der Waals surface area contributed by atoms with E-state index >= 15 is 0 Å². The van der Waals surface area contributed by atoms with Crippen molar-refractivity contribution in [3.05, 3.63) is 22.7 Å². The summed E-state index contributed by atoms with van der Waals surface area (Å²) in [7, 11) is -4.21. The number of ether oxygens (including phenoxy) is 1. The predicted molar refractivity (Wildman–Crippen MR) is 63.5 cm³/mol. The number of hydrogen-bond acceptors (Lipinski definition) is 8. The van der Waals surface area contributed by atoms with Crippen LogP contribution in [0.5, 0.6) is 0 Å². The molecular formula is C9H12N3O7P. The van der Waals surface area contributed by atoms with Crippen LogP contribution in [0.15, 0.2) is 17.1 Å². The largest absolute Gasteiger partial charge is 0.473 e. The van der Waals surface area contributed by atoms with Crippen molar-refractivity contribution in [2.45, 2.75) is 24.5 Å². The quantitative estimate of drug-likeness (QED) is 0.561. The van der Waals surface area contributed by atoms with Gasteiger partial charge in [-0.1, -0.05) is 0 Å². The Bertz CT molecular complexity index is 634. The molecule has 2 saturated heterocycles. The molecule has 5 atom stereocenters. The summed E-state index contributed by atoms with van der Waals surface area (Å²) < 4.78 is 27.7. The Morgan fingerprint density at radius 3 is 2.80 bits per heavy atom.